The topological polar surface area (TPSA) is 48.5 Å². The van der Waals surface area contributed by atoms with Gasteiger partial charge in [-0.15, -0.1) is 0 Å². The standard InChI is InChI=1S/C34H24N4.C31H21N.C2H6/c1-23-35-33(26-15-9-4-10-16-26)37-34(36-23)38-31-21-27(24-11-5-2-6-12-24)17-19-29(31)30-20-18-28(22-32(30)38)25-13-7-3-8-14-25;1-3-12-22(13-4-1)31(23-14-5-2-6-15-23)26-18-8-10-21-29(26)32-28-20-9-7-16-24(28)25-17-11-19-27(31)30(25)32;1-2/h2-22H,1H3;1-21H;1-2H3. The normalized spacial score (nSPS) is 12.2. The molecule has 0 saturated carbocycles. The minimum atomic E-state index is -0.386. The molecule has 5 heteroatoms. The van der Waals surface area contributed by atoms with E-state index in [-0.39, 0.29) is 5.41 Å². The first-order valence-corrected chi connectivity index (χ1v) is 24.9. The second-order valence-electron chi connectivity index (χ2n) is 18.0. The molecular weight excluding hydrogens is 875 g/mol. The van der Waals surface area contributed by atoms with Gasteiger partial charge in [-0.1, -0.05) is 244 Å². The van der Waals surface area contributed by atoms with Gasteiger partial charge in [-0.25, -0.2) is 4.98 Å². The Hall–Kier alpha value is -9.19. The third kappa shape index (κ3) is 7.28. The zero-order valence-electron chi connectivity index (χ0n) is 40.5. The van der Waals surface area contributed by atoms with Crippen molar-refractivity contribution >= 4 is 43.6 Å². The first-order valence-electron chi connectivity index (χ1n) is 24.9. The van der Waals surface area contributed by atoms with E-state index in [9.17, 15) is 0 Å². The lowest BCUT2D eigenvalue weighted by molar-refractivity contribution is 0.728. The summed E-state index contributed by atoms with van der Waals surface area (Å²) in [7, 11) is 0. The molecule has 0 radical (unpaired) electrons. The molecule has 0 bridgehead atoms. The van der Waals surface area contributed by atoms with Gasteiger partial charge in [0.2, 0.25) is 5.95 Å². The Morgan fingerprint density at radius 2 is 0.792 bits per heavy atom. The summed E-state index contributed by atoms with van der Waals surface area (Å²) in [5.74, 6) is 1.97. The second-order valence-corrected chi connectivity index (χ2v) is 18.0. The van der Waals surface area contributed by atoms with E-state index in [1.165, 1.54) is 71.6 Å². The lowest BCUT2D eigenvalue weighted by atomic mass is 9.63. The van der Waals surface area contributed by atoms with Crippen LogP contribution in [-0.2, 0) is 5.41 Å². The smallest absolute Gasteiger partial charge is 0.238 e. The molecule has 0 aliphatic carbocycles. The largest absolute Gasteiger partial charge is 0.309 e. The van der Waals surface area contributed by atoms with E-state index in [0.29, 0.717) is 17.6 Å². The molecule has 14 rings (SSSR count). The molecule has 3 aromatic heterocycles. The first kappa shape index (κ1) is 44.0. The van der Waals surface area contributed by atoms with Gasteiger partial charge in [-0.05, 0) is 75.7 Å². The van der Waals surface area contributed by atoms with Gasteiger partial charge >= 0.3 is 0 Å². The maximum atomic E-state index is 4.99. The Kier molecular flexibility index (Phi) is 11.4. The van der Waals surface area contributed by atoms with Crippen LogP contribution in [-0.4, -0.2) is 24.1 Å². The number of para-hydroxylation sites is 3. The highest BCUT2D eigenvalue weighted by molar-refractivity contribution is 6.13. The third-order valence-corrected chi connectivity index (χ3v) is 14.0. The number of hydrogen-bond acceptors (Lipinski definition) is 3. The van der Waals surface area contributed by atoms with Crippen LogP contribution in [0.5, 0.6) is 0 Å². The maximum Gasteiger partial charge on any atom is 0.238 e. The Bertz CT molecular complexity index is 3910. The van der Waals surface area contributed by atoms with Gasteiger partial charge in [-0.3, -0.25) is 4.57 Å². The lowest BCUT2D eigenvalue weighted by Crippen LogP contribution is -2.35. The molecule has 0 N–H and O–H groups in total. The molecule has 0 saturated heterocycles. The summed E-state index contributed by atoms with van der Waals surface area (Å²) >= 11 is 0. The Morgan fingerprint density at radius 1 is 0.333 bits per heavy atom. The molecule has 72 heavy (non-hydrogen) atoms. The summed E-state index contributed by atoms with van der Waals surface area (Å²) in [5.41, 5.74) is 16.4. The van der Waals surface area contributed by atoms with E-state index in [0.717, 1.165) is 27.7 Å². The van der Waals surface area contributed by atoms with Crippen LogP contribution < -0.4 is 0 Å². The van der Waals surface area contributed by atoms with Crippen molar-refractivity contribution in [2.45, 2.75) is 26.2 Å². The van der Waals surface area contributed by atoms with E-state index in [1.54, 1.807) is 0 Å². The van der Waals surface area contributed by atoms with Crippen LogP contribution in [0, 0.1) is 6.92 Å². The molecule has 0 fully saturated rings. The van der Waals surface area contributed by atoms with Crippen LogP contribution in [0.1, 0.15) is 41.9 Å². The molecule has 4 heterocycles. The molecule has 13 aromatic rings. The molecule has 0 amide bonds. The van der Waals surface area contributed by atoms with Crippen LogP contribution in [0.25, 0.3) is 88.9 Å². The number of hydrogen-bond donors (Lipinski definition) is 0. The molecule has 1 aliphatic rings. The fraction of sp³-hybridized carbons (Fsp3) is 0.0597. The van der Waals surface area contributed by atoms with Crippen LogP contribution in [0.15, 0.2) is 255 Å². The number of nitrogens with zero attached hydrogens (tertiary/aromatic N) is 5. The van der Waals surface area contributed by atoms with E-state index < -0.39 is 0 Å². The van der Waals surface area contributed by atoms with Gasteiger partial charge in [0.1, 0.15) is 5.82 Å². The van der Waals surface area contributed by atoms with Gasteiger partial charge in [0.05, 0.1) is 33.2 Å². The Morgan fingerprint density at radius 3 is 1.38 bits per heavy atom. The highest BCUT2D eigenvalue weighted by atomic mass is 15.2. The van der Waals surface area contributed by atoms with Crippen molar-refractivity contribution in [2.24, 2.45) is 0 Å². The monoisotopic (exact) mass is 925 g/mol. The van der Waals surface area contributed by atoms with Crippen molar-refractivity contribution in [3.63, 3.8) is 0 Å². The maximum absolute atomic E-state index is 4.99. The predicted molar refractivity (Wildman–Crippen MR) is 299 cm³/mol. The number of aromatic nitrogens is 5. The molecule has 0 spiro atoms. The average molecular weight is 926 g/mol. The van der Waals surface area contributed by atoms with E-state index in [4.69, 9.17) is 9.97 Å². The summed E-state index contributed by atoms with van der Waals surface area (Å²) in [6.45, 7) is 5.93. The quantitative estimate of drug-likeness (QED) is 0.167. The zero-order chi connectivity index (χ0) is 48.6. The summed E-state index contributed by atoms with van der Waals surface area (Å²) in [6, 6.07) is 90.8. The first-order chi connectivity index (χ1) is 35.6. The van der Waals surface area contributed by atoms with Crippen LogP contribution in [0.2, 0.25) is 0 Å². The summed E-state index contributed by atoms with van der Waals surface area (Å²) in [5, 5.41) is 4.94. The molecule has 10 aromatic carbocycles. The Balaban J connectivity index is 0.000000144. The van der Waals surface area contributed by atoms with E-state index in [1.807, 2.05) is 63.2 Å². The number of rotatable bonds is 6. The fourth-order valence-electron chi connectivity index (χ4n) is 11.0. The fourth-order valence-corrected chi connectivity index (χ4v) is 11.0. The van der Waals surface area contributed by atoms with Gasteiger partial charge in [-0.2, -0.15) is 9.97 Å². The zero-order valence-corrected chi connectivity index (χ0v) is 40.5. The highest BCUT2D eigenvalue weighted by Gasteiger charge is 2.45. The molecule has 344 valence electrons. The van der Waals surface area contributed by atoms with Gasteiger partial charge < -0.3 is 4.57 Å². The minimum absolute atomic E-state index is 0.386. The SMILES string of the molecule is CC.Cc1nc(-c2ccccc2)nc(-n2c3cc(-c4ccccc4)ccc3c3ccc(-c4ccccc4)cc32)n1.c1ccc(C2(c3ccccc3)c3ccccc3-n3c4ccccc4c4cccc2c43)cc1. The summed E-state index contributed by atoms with van der Waals surface area (Å²) in [4.78, 5) is 14.5. The summed E-state index contributed by atoms with van der Waals surface area (Å²) in [6.07, 6.45) is 0. The summed E-state index contributed by atoms with van der Waals surface area (Å²) < 4.78 is 4.66. The average Bonchev–Trinajstić information content (AvgIpc) is 3.99. The second kappa shape index (κ2) is 18.6. The van der Waals surface area contributed by atoms with Gasteiger partial charge in [0, 0.05) is 27.1 Å². The van der Waals surface area contributed by atoms with Gasteiger partial charge in [0.25, 0.3) is 0 Å². The van der Waals surface area contributed by atoms with Crippen LogP contribution in [0.3, 0.4) is 0 Å². The highest BCUT2D eigenvalue weighted by Crippen LogP contribution is 2.54. The molecule has 1 aliphatic heterocycles. The predicted octanol–water partition coefficient (Wildman–Crippen LogP) is 16.8. The molecule has 0 atom stereocenters. The van der Waals surface area contributed by atoms with Crippen molar-refractivity contribution in [2.75, 3.05) is 0 Å². The van der Waals surface area contributed by atoms with E-state index >= 15 is 0 Å². The molecule has 0 unspecified atom stereocenters. The number of fused-ring (bicyclic) bond motifs is 8. The molecule has 5 nitrogen and oxygen atoms in total. The van der Waals surface area contributed by atoms with Gasteiger partial charge in [0.15, 0.2) is 5.82 Å². The minimum Gasteiger partial charge on any atom is -0.309 e. The third-order valence-electron chi connectivity index (χ3n) is 14.0. The molecular formula is C67H51N5. The number of aryl methyl sites for hydroxylation is 1. The van der Waals surface area contributed by atoms with Crippen molar-refractivity contribution in [3.05, 3.63) is 283 Å². The van der Waals surface area contributed by atoms with Crippen molar-refractivity contribution < 1.29 is 0 Å². The van der Waals surface area contributed by atoms with Crippen LogP contribution in [0.4, 0.5) is 0 Å². The van der Waals surface area contributed by atoms with Crippen molar-refractivity contribution in [1.29, 1.82) is 0 Å². The Labute approximate surface area is 420 Å². The number of benzene rings is 10. The van der Waals surface area contributed by atoms with E-state index in [2.05, 4.69) is 226 Å². The van der Waals surface area contributed by atoms with Crippen molar-refractivity contribution in [1.82, 2.24) is 24.1 Å². The lowest BCUT2D eigenvalue weighted by Gasteiger charge is -2.41. The van der Waals surface area contributed by atoms with Crippen LogP contribution >= 0.6 is 0 Å². The van der Waals surface area contributed by atoms with Crippen molar-refractivity contribution in [3.8, 4) is 45.3 Å².